The molecule has 2 N–H and O–H groups in total. The van der Waals surface area contributed by atoms with E-state index in [0.717, 1.165) is 41.8 Å². The van der Waals surface area contributed by atoms with Gasteiger partial charge in [-0.3, -0.25) is 4.79 Å². The summed E-state index contributed by atoms with van der Waals surface area (Å²) in [5, 5.41) is 13.7. The van der Waals surface area contributed by atoms with Gasteiger partial charge in [0.05, 0.1) is 24.2 Å². The van der Waals surface area contributed by atoms with Crippen molar-refractivity contribution in [2.45, 2.75) is 59.0 Å². The van der Waals surface area contributed by atoms with Gasteiger partial charge in [-0.15, -0.1) is 5.10 Å². The first kappa shape index (κ1) is 19.8. The van der Waals surface area contributed by atoms with E-state index in [1.807, 2.05) is 22.9 Å². The molecule has 29 heavy (non-hydrogen) atoms. The summed E-state index contributed by atoms with van der Waals surface area (Å²) in [6.45, 7) is 12.6. The minimum Gasteiger partial charge on any atom is -0.322 e. The zero-order valence-electron chi connectivity index (χ0n) is 18.0. The highest BCUT2D eigenvalue weighted by Crippen LogP contribution is 2.24. The number of benzene rings is 1. The summed E-state index contributed by atoms with van der Waals surface area (Å²) in [6.07, 6.45) is 2.38. The summed E-state index contributed by atoms with van der Waals surface area (Å²) < 4.78 is 1.88. The maximum absolute atomic E-state index is 13.2. The number of fused-ring (bicyclic) bond motifs is 1. The van der Waals surface area contributed by atoms with Gasteiger partial charge in [-0.1, -0.05) is 18.6 Å². The number of hydrogen-bond donors (Lipinski definition) is 2. The lowest BCUT2D eigenvalue weighted by Gasteiger charge is -2.34. The SMILES string of the molecule is Cc1ccc2[nH]c(=O)c([C@H](c3nnnn3C(C)(C)C)[NH+]3CCC[C@H](C)C3)cc2c1. The van der Waals surface area contributed by atoms with Crippen molar-refractivity contribution in [3.05, 3.63) is 51.6 Å². The largest absolute Gasteiger partial charge is 0.322 e. The lowest BCUT2D eigenvalue weighted by atomic mass is 9.95. The number of piperidine rings is 1. The molecule has 1 fully saturated rings. The second kappa shape index (κ2) is 7.37. The first-order chi connectivity index (χ1) is 13.7. The number of nitrogens with one attached hydrogen (secondary N) is 2. The smallest absolute Gasteiger partial charge is 0.258 e. The minimum absolute atomic E-state index is 0.0551. The number of quaternary nitrogens is 1. The highest BCUT2D eigenvalue weighted by molar-refractivity contribution is 5.79. The third-order valence-corrected chi connectivity index (χ3v) is 5.94. The first-order valence-corrected chi connectivity index (χ1v) is 10.5. The standard InChI is InChI=1S/C22H30N6O/c1-14-8-9-18-16(11-14)12-17(21(29)23-18)19(27-10-6-7-15(2)13-27)20-24-25-26-28(20)22(3,4)5/h8-9,11-12,15,19H,6-7,10,13H2,1-5H3,(H,23,29)/p+1/t15-,19+/m0/s1. The van der Waals surface area contributed by atoms with Crippen molar-refractivity contribution in [2.24, 2.45) is 5.92 Å². The third-order valence-electron chi connectivity index (χ3n) is 5.94. The predicted molar refractivity (Wildman–Crippen MR) is 113 cm³/mol. The number of likely N-dealkylation sites (tertiary alicyclic amines) is 1. The fraction of sp³-hybridized carbons (Fsp3) is 0.545. The van der Waals surface area contributed by atoms with Crippen LogP contribution in [0.3, 0.4) is 0 Å². The fourth-order valence-corrected chi connectivity index (χ4v) is 4.54. The molecule has 1 saturated heterocycles. The monoisotopic (exact) mass is 395 g/mol. The molecule has 3 atom stereocenters. The maximum atomic E-state index is 13.2. The topological polar surface area (TPSA) is 80.9 Å². The van der Waals surface area contributed by atoms with Crippen molar-refractivity contribution < 1.29 is 4.90 Å². The molecule has 0 bridgehead atoms. The van der Waals surface area contributed by atoms with Crippen molar-refractivity contribution in [1.82, 2.24) is 25.2 Å². The Labute approximate surface area is 171 Å². The lowest BCUT2D eigenvalue weighted by Crippen LogP contribution is -3.14. The Hall–Kier alpha value is -2.54. The van der Waals surface area contributed by atoms with E-state index in [4.69, 9.17) is 0 Å². The van der Waals surface area contributed by atoms with Crippen LogP contribution in [0.2, 0.25) is 0 Å². The van der Waals surface area contributed by atoms with E-state index < -0.39 is 0 Å². The molecule has 4 rings (SSSR count). The van der Waals surface area contributed by atoms with Crippen molar-refractivity contribution in [2.75, 3.05) is 13.1 Å². The number of nitrogens with zero attached hydrogens (tertiary/aromatic N) is 4. The van der Waals surface area contributed by atoms with Crippen molar-refractivity contribution >= 4 is 10.9 Å². The Bertz CT molecular complexity index is 1080. The van der Waals surface area contributed by atoms with Gasteiger partial charge in [-0.05, 0) is 74.5 Å². The van der Waals surface area contributed by atoms with Gasteiger partial charge in [-0.25, -0.2) is 4.68 Å². The quantitative estimate of drug-likeness (QED) is 0.711. The van der Waals surface area contributed by atoms with Gasteiger partial charge in [0.15, 0.2) is 6.04 Å². The average Bonchev–Trinajstić information content (AvgIpc) is 3.13. The Morgan fingerprint density at radius 3 is 2.79 bits per heavy atom. The molecule has 0 radical (unpaired) electrons. The normalized spacial score (nSPS) is 21.4. The van der Waals surface area contributed by atoms with E-state index in [0.29, 0.717) is 5.92 Å². The van der Waals surface area contributed by atoms with Crippen LogP contribution in [0.25, 0.3) is 10.9 Å². The second-order valence-electron chi connectivity index (χ2n) is 9.56. The Kier molecular flexibility index (Phi) is 5.02. The molecule has 7 nitrogen and oxygen atoms in total. The fourth-order valence-electron chi connectivity index (χ4n) is 4.54. The van der Waals surface area contributed by atoms with E-state index in [-0.39, 0.29) is 17.1 Å². The Morgan fingerprint density at radius 2 is 2.07 bits per heavy atom. The van der Waals surface area contributed by atoms with Crippen LogP contribution in [0.4, 0.5) is 0 Å². The molecule has 2 aromatic heterocycles. The van der Waals surface area contributed by atoms with Gasteiger partial charge in [0.1, 0.15) is 0 Å². The molecule has 0 amide bonds. The van der Waals surface area contributed by atoms with Gasteiger partial charge >= 0.3 is 0 Å². The first-order valence-electron chi connectivity index (χ1n) is 10.5. The van der Waals surface area contributed by atoms with Crippen LogP contribution in [-0.2, 0) is 5.54 Å². The number of hydrogen-bond acceptors (Lipinski definition) is 4. The molecule has 3 heterocycles. The molecule has 7 heteroatoms. The number of aromatic nitrogens is 5. The molecular formula is C22H31N6O+. The molecule has 0 spiro atoms. The Morgan fingerprint density at radius 1 is 1.28 bits per heavy atom. The third kappa shape index (κ3) is 3.83. The van der Waals surface area contributed by atoms with Crippen LogP contribution in [0.5, 0.6) is 0 Å². The molecular weight excluding hydrogens is 364 g/mol. The van der Waals surface area contributed by atoms with Crippen LogP contribution in [0.1, 0.15) is 63.5 Å². The van der Waals surface area contributed by atoms with E-state index in [2.05, 4.69) is 61.2 Å². The highest BCUT2D eigenvalue weighted by Gasteiger charge is 2.38. The molecule has 1 aliphatic heterocycles. The summed E-state index contributed by atoms with van der Waals surface area (Å²) in [6, 6.07) is 7.96. The molecule has 1 aliphatic rings. The van der Waals surface area contributed by atoms with E-state index in [1.165, 1.54) is 16.9 Å². The van der Waals surface area contributed by atoms with Gasteiger partial charge in [0.2, 0.25) is 5.82 Å². The van der Waals surface area contributed by atoms with E-state index in [9.17, 15) is 4.79 Å². The van der Waals surface area contributed by atoms with Gasteiger partial charge in [0.25, 0.3) is 5.56 Å². The van der Waals surface area contributed by atoms with Crippen LogP contribution in [-0.4, -0.2) is 38.3 Å². The average molecular weight is 396 g/mol. The zero-order valence-corrected chi connectivity index (χ0v) is 18.0. The summed E-state index contributed by atoms with van der Waals surface area (Å²) in [5.41, 5.74) is 2.46. The minimum atomic E-state index is -0.266. The number of H-pyrrole nitrogens is 1. The molecule has 1 unspecified atom stereocenters. The van der Waals surface area contributed by atoms with E-state index in [1.54, 1.807) is 0 Å². The maximum Gasteiger partial charge on any atom is 0.258 e. The summed E-state index contributed by atoms with van der Waals surface area (Å²) in [5.74, 6) is 1.38. The number of pyridine rings is 1. The predicted octanol–water partition coefficient (Wildman–Crippen LogP) is 1.98. The van der Waals surface area contributed by atoms with Crippen LogP contribution in [0.15, 0.2) is 29.1 Å². The van der Waals surface area contributed by atoms with Gasteiger partial charge < -0.3 is 9.88 Å². The van der Waals surface area contributed by atoms with Crippen molar-refractivity contribution in [3.63, 3.8) is 0 Å². The van der Waals surface area contributed by atoms with Crippen molar-refractivity contribution in [3.8, 4) is 0 Å². The highest BCUT2D eigenvalue weighted by atomic mass is 16.1. The van der Waals surface area contributed by atoms with E-state index >= 15 is 0 Å². The summed E-state index contributed by atoms with van der Waals surface area (Å²) >= 11 is 0. The molecule has 3 aromatic rings. The lowest BCUT2D eigenvalue weighted by molar-refractivity contribution is -0.934. The van der Waals surface area contributed by atoms with Gasteiger partial charge in [-0.2, -0.15) is 0 Å². The molecule has 0 saturated carbocycles. The molecule has 1 aromatic carbocycles. The number of aromatic amines is 1. The summed E-state index contributed by atoms with van der Waals surface area (Å²) in [4.78, 5) is 17.6. The number of tetrazole rings is 1. The second-order valence-corrected chi connectivity index (χ2v) is 9.56. The summed E-state index contributed by atoms with van der Waals surface area (Å²) in [7, 11) is 0. The van der Waals surface area contributed by atoms with Gasteiger partial charge in [0, 0.05) is 11.4 Å². The molecule has 0 aliphatic carbocycles. The van der Waals surface area contributed by atoms with Crippen molar-refractivity contribution in [1.29, 1.82) is 0 Å². The van der Waals surface area contributed by atoms with Crippen LogP contribution in [0, 0.1) is 12.8 Å². The zero-order chi connectivity index (χ0) is 20.8. The number of aryl methyl sites for hydroxylation is 1. The number of rotatable bonds is 3. The Balaban J connectivity index is 1.92. The van der Waals surface area contributed by atoms with Crippen LogP contribution < -0.4 is 10.5 Å². The molecule has 154 valence electrons. The van der Waals surface area contributed by atoms with Crippen LogP contribution >= 0.6 is 0 Å².